The van der Waals surface area contributed by atoms with Crippen molar-refractivity contribution in [3.63, 3.8) is 0 Å². The second-order valence-corrected chi connectivity index (χ2v) is 8.49. The van der Waals surface area contributed by atoms with Gasteiger partial charge in [0.1, 0.15) is 6.54 Å². The number of carbonyl (C=O) groups excluding carboxylic acids is 3. The first-order valence-electron chi connectivity index (χ1n) is 9.44. The number of imide groups is 1. The first-order valence-corrected chi connectivity index (χ1v) is 11.1. The van der Waals surface area contributed by atoms with E-state index in [4.69, 9.17) is 9.47 Å². The molecule has 0 unspecified atom stereocenters. The number of carbonyl (C=O) groups is 3. The van der Waals surface area contributed by atoms with Crippen LogP contribution in [0, 0.1) is 6.92 Å². The Morgan fingerprint density at radius 1 is 1.19 bits per heavy atom. The number of nitrogens with zero attached hydrogens (tertiary/aromatic N) is 1. The smallest absolute Gasteiger partial charge is 0.294 e. The standard InChI is InChI=1S/C22H21BrN2O5S/c1-4-30-18-9-14(16(23)11-17(18)29-3)10-19-21(27)25(22(28)31-19)12-20(26)24-15-7-5-13(2)6-8-15/h5-11H,4,12H2,1-3H3,(H,24,26)/b19-10+. The van der Waals surface area contributed by atoms with E-state index >= 15 is 0 Å². The molecule has 0 atom stereocenters. The quantitative estimate of drug-likeness (QED) is 0.543. The molecule has 9 heteroatoms. The molecular weight excluding hydrogens is 484 g/mol. The van der Waals surface area contributed by atoms with Crippen LogP contribution in [0.4, 0.5) is 10.5 Å². The summed E-state index contributed by atoms with van der Waals surface area (Å²) in [4.78, 5) is 38.6. The molecule has 7 nitrogen and oxygen atoms in total. The van der Waals surface area contributed by atoms with Crippen molar-refractivity contribution >= 4 is 56.5 Å². The van der Waals surface area contributed by atoms with Gasteiger partial charge in [0, 0.05) is 10.2 Å². The predicted molar refractivity (Wildman–Crippen MR) is 124 cm³/mol. The fraction of sp³-hybridized carbons (Fsp3) is 0.227. The van der Waals surface area contributed by atoms with Crippen LogP contribution >= 0.6 is 27.7 Å². The molecule has 1 heterocycles. The van der Waals surface area contributed by atoms with E-state index in [9.17, 15) is 14.4 Å². The van der Waals surface area contributed by atoms with Crippen LogP contribution in [0.3, 0.4) is 0 Å². The van der Waals surface area contributed by atoms with Gasteiger partial charge in [-0.25, -0.2) is 0 Å². The predicted octanol–water partition coefficient (Wildman–Crippen LogP) is 4.84. The summed E-state index contributed by atoms with van der Waals surface area (Å²) in [5.41, 5.74) is 2.31. The number of hydrogen-bond donors (Lipinski definition) is 1. The molecule has 31 heavy (non-hydrogen) atoms. The van der Waals surface area contributed by atoms with Crippen molar-refractivity contribution in [1.29, 1.82) is 0 Å². The topological polar surface area (TPSA) is 84.9 Å². The molecule has 0 radical (unpaired) electrons. The zero-order valence-electron chi connectivity index (χ0n) is 17.2. The first kappa shape index (κ1) is 22.9. The van der Waals surface area contributed by atoms with Crippen LogP contribution in [-0.4, -0.2) is 42.2 Å². The molecule has 1 aliphatic heterocycles. The van der Waals surface area contributed by atoms with Crippen molar-refractivity contribution < 1.29 is 23.9 Å². The monoisotopic (exact) mass is 504 g/mol. The van der Waals surface area contributed by atoms with Crippen molar-refractivity contribution in [2.75, 3.05) is 25.6 Å². The average molecular weight is 505 g/mol. The molecule has 0 spiro atoms. The van der Waals surface area contributed by atoms with Crippen molar-refractivity contribution in [3.05, 3.63) is 56.9 Å². The third kappa shape index (κ3) is 5.48. The third-order valence-corrected chi connectivity index (χ3v) is 5.97. The van der Waals surface area contributed by atoms with E-state index in [0.29, 0.717) is 33.8 Å². The Labute approximate surface area is 192 Å². The van der Waals surface area contributed by atoms with E-state index in [2.05, 4.69) is 21.2 Å². The number of aryl methyl sites for hydroxylation is 1. The maximum absolute atomic E-state index is 12.8. The molecule has 0 aliphatic carbocycles. The number of halogens is 1. The summed E-state index contributed by atoms with van der Waals surface area (Å²) in [5.74, 6) is 0.106. The molecule has 2 aromatic carbocycles. The first-order chi connectivity index (χ1) is 14.8. The Bertz CT molecular complexity index is 1050. The zero-order valence-corrected chi connectivity index (χ0v) is 19.6. The number of benzene rings is 2. The van der Waals surface area contributed by atoms with Gasteiger partial charge in [-0.3, -0.25) is 19.3 Å². The van der Waals surface area contributed by atoms with Crippen LogP contribution in [0.25, 0.3) is 6.08 Å². The Hall–Kier alpha value is -2.78. The Morgan fingerprint density at radius 3 is 2.55 bits per heavy atom. The minimum atomic E-state index is -0.519. The molecule has 3 amide bonds. The van der Waals surface area contributed by atoms with E-state index in [0.717, 1.165) is 22.2 Å². The van der Waals surface area contributed by atoms with Crippen molar-refractivity contribution in [1.82, 2.24) is 4.90 Å². The summed E-state index contributed by atoms with van der Waals surface area (Å²) < 4.78 is 11.6. The summed E-state index contributed by atoms with van der Waals surface area (Å²) >= 11 is 4.24. The van der Waals surface area contributed by atoms with Gasteiger partial charge in [-0.15, -0.1) is 0 Å². The van der Waals surface area contributed by atoms with E-state index in [-0.39, 0.29) is 11.4 Å². The van der Waals surface area contributed by atoms with Gasteiger partial charge in [-0.05, 0) is 61.5 Å². The molecule has 3 rings (SSSR count). The molecule has 0 bridgehead atoms. The Balaban J connectivity index is 1.76. The second-order valence-electron chi connectivity index (χ2n) is 6.64. The number of ether oxygens (including phenoxy) is 2. The van der Waals surface area contributed by atoms with E-state index in [1.807, 2.05) is 26.0 Å². The SMILES string of the molecule is CCOc1cc(/C=C2/SC(=O)N(CC(=O)Nc3ccc(C)cc3)C2=O)c(Br)cc1OC. The maximum atomic E-state index is 12.8. The normalized spacial score (nSPS) is 14.8. The van der Waals surface area contributed by atoms with Crippen LogP contribution < -0.4 is 14.8 Å². The molecule has 1 saturated heterocycles. The van der Waals surface area contributed by atoms with E-state index in [1.54, 1.807) is 30.3 Å². The van der Waals surface area contributed by atoms with Crippen LogP contribution in [0.5, 0.6) is 11.5 Å². The van der Waals surface area contributed by atoms with Gasteiger partial charge in [-0.1, -0.05) is 33.6 Å². The van der Waals surface area contributed by atoms with E-state index in [1.165, 1.54) is 7.11 Å². The maximum Gasteiger partial charge on any atom is 0.294 e. The summed E-state index contributed by atoms with van der Waals surface area (Å²) in [5, 5.41) is 2.20. The van der Waals surface area contributed by atoms with Crippen LogP contribution in [0.1, 0.15) is 18.1 Å². The highest BCUT2D eigenvalue weighted by Gasteiger charge is 2.36. The molecule has 162 valence electrons. The number of hydrogen-bond acceptors (Lipinski definition) is 6. The molecule has 0 saturated carbocycles. The number of anilines is 1. The number of methoxy groups -OCH3 is 1. The lowest BCUT2D eigenvalue weighted by atomic mass is 10.2. The van der Waals surface area contributed by atoms with Gasteiger partial charge in [0.05, 0.1) is 18.6 Å². The Kier molecular flexibility index (Phi) is 7.40. The van der Waals surface area contributed by atoms with Crippen LogP contribution in [0.15, 0.2) is 45.8 Å². The number of amides is 3. The van der Waals surface area contributed by atoms with Gasteiger partial charge < -0.3 is 14.8 Å². The van der Waals surface area contributed by atoms with Crippen LogP contribution in [0.2, 0.25) is 0 Å². The Morgan fingerprint density at radius 2 is 1.90 bits per heavy atom. The average Bonchev–Trinajstić information content (AvgIpc) is 2.99. The molecule has 1 N–H and O–H groups in total. The fourth-order valence-electron chi connectivity index (χ4n) is 2.85. The van der Waals surface area contributed by atoms with Crippen molar-refractivity contribution in [3.8, 4) is 11.5 Å². The lowest BCUT2D eigenvalue weighted by molar-refractivity contribution is -0.127. The van der Waals surface area contributed by atoms with E-state index < -0.39 is 17.1 Å². The minimum Gasteiger partial charge on any atom is -0.493 e. The number of nitrogens with one attached hydrogen (secondary N) is 1. The van der Waals surface area contributed by atoms with Gasteiger partial charge in [0.25, 0.3) is 11.1 Å². The zero-order chi connectivity index (χ0) is 22.5. The number of rotatable bonds is 7. The number of thioether (sulfide) groups is 1. The highest BCUT2D eigenvalue weighted by Crippen LogP contribution is 2.38. The van der Waals surface area contributed by atoms with Gasteiger partial charge >= 0.3 is 0 Å². The lowest BCUT2D eigenvalue weighted by Gasteiger charge is -2.13. The molecule has 2 aromatic rings. The molecule has 0 aromatic heterocycles. The largest absolute Gasteiger partial charge is 0.493 e. The highest BCUT2D eigenvalue weighted by atomic mass is 79.9. The molecule has 1 aliphatic rings. The minimum absolute atomic E-state index is 0.224. The van der Waals surface area contributed by atoms with Crippen LogP contribution in [-0.2, 0) is 9.59 Å². The summed E-state index contributed by atoms with van der Waals surface area (Å²) in [7, 11) is 1.54. The third-order valence-electron chi connectivity index (χ3n) is 4.38. The van der Waals surface area contributed by atoms with Gasteiger partial charge in [-0.2, -0.15) is 0 Å². The summed E-state index contributed by atoms with van der Waals surface area (Å²) in [6, 6.07) is 10.7. The lowest BCUT2D eigenvalue weighted by Crippen LogP contribution is -2.36. The second kappa shape index (κ2) is 10.0. The summed E-state index contributed by atoms with van der Waals surface area (Å²) in [6.07, 6.45) is 1.59. The highest BCUT2D eigenvalue weighted by molar-refractivity contribution is 9.10. The summed E-state index contributed by atoms with van der Waals surface area (Å²) in [6.45, 7) is 3.89. The van der Waals surface area contributed by atoms with Gasteiger partial charge in [0.15, 0.2) is 11.5 Å². The molecular formula is C22H21BrN2O5S. The van der Waals surface area contributed by atoms with Crippen molar-refractivity contribution in [2.45, 2.75) is 13.8 Å². The molecule has 1 fully saturated rings. The van der Waals surface area contributed by atoms with Gasteiger partial charge in [0.2, 0.25) is 5.91 Å². The fourth-order valence-corrected chi connectivity index (χ4v) is 4.11. The van der Waals surface area contributed by atoms with Crippen molar-refractivity contribution in [2.24, 2.45) is 0 Å².